The summed E-state index contributed by atoms with van der Waals surface area (Å²) in [7, 11) is 1.43. The standard InChI is InChI=1S/C9H11ClNO5PS/c1-3-15-17(10,18)16-9-6-7(14-2)4-5-8(9)11(12)13/h4-6H,3H2,1-2H3. The van der Waals surface area contributed by atoms with Crippen LogP contribution in [0.15, 0.2) is 18.2 Å². The molecule has 1 aromatic carbocycles. The van der Waals surface area contributed by atoms with Gasteiger partial charge in [-0.1, -0.05) is 0 Å². The molecule has 0 saturated heterocycles. The molecule has 1 aromatic rings. The summed E-state index contributed by atoms with van der Waals surface area (Å²) in [6.45, 7) is 1.96. The minimum atomic E-state index is -3.07. The molecular weight excluding hydrogens is 301 g/mol. The third kappa shape index (κ3) is 4.10. The first-order valence-corrected chi connectivity index (χ1v) is 8.40. The number of rotatable bonds is 6. The molecule has 0 amide bonds. The zero-order chi connectivity index (χ0) is 13.8. The lowest BCUT2D eigenvalue weighted by atomic mass is 10.3. The molecular formula is C9H11ClNO5PS. The van der Waals surface area contributed by atoms with Gasteiger partial charge in [-0.25, -0.2) is 0 Å². The molecule has 0 aliphatic heterocycles. The van der Waals surface area contributed by atoms with Crippen molar-refractivity contribution >= 4 is 34.6 Å². The molecule has 0 aliphatic carbocycles. The molecule has 0 N–H and O–H groups in total. The van der Waals surface area contributed by atoms with Gasteiger partial charge >= 0.3 is 11.5 Å². The van der Waals surface area contributed by atoms with Crippen LogP contribution >= 0.6 is 17.1 Å². The van der Waals surface area contributed by atoms with Crippen molar-refractivity contribution in [2.24, 2.45) is 0 Å². The Kier molecular flexibility index (Phi) is 5.34. The highest BCUT2D eigenvalue weighted by Gasteiger charge is 2.23. The number of methoxy groups -OCH3 is 1. The molecule has 0 spiro atoms. The number of nitrogens with zero attached hydrogens (tertiary/aromatic N) is 1. The fourth-order valence-electron chi connectivity index (χ4n) is 1.14. The average Bonchev–Trinajstić information content (AvgIpc) is 2.27. The largest absolute Gasteiger partial charge is 0.497 e. The van der Waals surface area contributed by atoms with Gasteiger partial charge in [-0.2, -0.15) is 0 Å². The van der Waals surface area contributed by atoms with Crippen LogP contribution in [0.3, 0.4) is 0 Å². The summed E-state index contributed by atoms with van der Waals surface area (Å²) in [5.74, 6) is -2.73. The maximum Gasteiger partial charge on any atom is 0.333 e. The van der Waals surface area contributed by atoms with E-state index in [0.29, 0.717) is 5.75 Å². The Labute approximate surface area is 114 Å². The van der Waals surface area contributed by atoms with Crippen LogP contribution in [0.5, 0.6) is 11.5 Å². The van der Waals surface area contributed by atoms with E-state index in [1.54, 1.807) is 6.92 Å². The third-order valence-electron chi connectivity index (χ3n) is 1.85. The zero-order valence-corrected chi connectivity index (χ0v) is 12.1. The third-order valence-corrected chi connectivity index (χ3v) is 3.88. The molecule has 0 radical (unpaired) electrons. The van der Waals surface area contributed by atoms with Crippen molar-refractivity contribution in [1.29, 1.82) is 0 Å². The lowest BCUT2D eigenvalue weighted by molar-refractivity contribution is -0.385. The smallest absolute Gasteiger partial charge is 0.333 e. The van der Waals surface area contributed by atoms with Gasteiger partial charge in [0.15, 0.2) is 0 Å². The highest BCUT2D eigenvalue weighted by Crippen LogP contribution is 2.55. The molecule has 100 valence electrons. The van der Waals surface area contributed by atoms with Gasteiger partial charge < -0.3 is 13.8 Å². The quantitative estimate of drug-likeness (QED) is 0.455. The maximum atomic E-state index is 10.8. The summed E-state index contributed by atoms with van der Waals surface area (Å²) in [6, 6.07) is 4.05. The Morgan fingerprint density at radius 1 is 1.56 bits per heavy atom. The SMILES string of the molecule is CCOP(=S)(Cl)Oc1cc(OC)ccc1[N+](=O)[O-]. The fourth-order valence-corrected chi connectivity index (χ4v) is 2.96. The van der Waals surface area contributed by atoms with Gasteiger partial charge in [0, 0.05) is 12.1 Å². The number of halogens is 1. The van der Waals surface area contributed by atoms with Crippen molar-refractivity contribution in [3.05, 3.63) is 28.3 Å². The molecule has 0 fully saturated rings. The number of nitro benzene ring substituents is 1. The van der Waals surface area contributed by atoms with Gasteiger partial charge in [0.25, 0.3) is 0 Å². The molecule has 18 heavy (non-hydrogen) atoms. The summed E-state index contributed by atoms with van der Waals surface area (Å²) in [4.78, 5) is 10.3. The lowest BCUT2D eigenvalue weighted by Gasteiger charge is -2.15. The number of ether oxygens (including phenoxy) is 1. The summed E-state index contributed by atoms with van der Waals surface area (Å²) >= 11 is 10.8. The lowest BCUT2D eigenvalue weighted by Crippen LogP contribution is -1.97. The minimum Gasteiger partial charge on any atom is -0.497 e. The van der Waals surface area contributed by atoms with Crippen LogP contribution in [0.2, 0.25) is 0 Å². The number of hydrogen-bond donors (Lipinski definition) is 0. The van der Waals surface area contributed by atoms with Crippen LogP contribution < -0.4 is 9.26 Å². The molecule has 0 saturated carbocycles. The predicted octanol–water partition coefficient (Wildman–Crippen LogP) is 3.48. The van der Waals surface area contributed by atoms with Gasteiger partial charge in [-0.05, 0) is 36.0 Å². The van der Waals surface area contributed by atoms with Crippen LogP contribution in [-0.2, 0) is 16.3 Å². The Balaban J connectivity index is 3.12. The second-order valence-corrected chi connectivity index (χ2v) is 7.71. The van der Waals surface area contributed by atoms with Crippen LogP contribution in [0, 0.1) is 10.1 Å². The molecule has 1 unspecified atom stereocenters. The molecule has 6 nitrogen and oxygen atoms in total. The van der Waals surface area contributed by atoms with Gasteiger partial charge in [0.05, 0.1) is 18.6 Å². The van der Waals surface area contributed by atoms with E-state index in [2.05, 4.69) is 0 Å². The summed E-state index contributed by atoms with van der Waals surface area (Å²) in [6.07, 6.45) is 0. The van der Waals surface area contributed by atoms with Crippen molar-refractivity contribution in [2.75, 3.05) is 13.7 Å². The van der Waals surface area contributed by atoms with E-state index < -0.39 is 10.8 Å². The predicted molar refractivity (Wildman–Crippen MR) is 72.0 cm³/mol. The van der Waals surface area contributed by atoms with E-state index in [9.17, 15) is 10.1 Å². The van der Waals surface area contributed by atoms with E-state index in [4.69, 9.17) is 36.8 Å². The highest BCUT2D eigenvalue weighted by molar-refractivity contribution is 8.22. The molecule has 0 aromatic heterocycles. The molecule has 0 aliphatic rings. The van der Waals surface area contributed by atoms with Crippen LogP contribution in [0.1, 0.15) is 6.92 Å². The monoisotopic (exact) mass is 311 g/mol. The van der Waals surface area contributed by atoms with Crippen LogP contribution in [0.25, 0.3) is 0 Å². The van der Waals surface area contributed by atoms with E-state index in [-0.39, 0.29) is 18.0 Å². The van der Waals surface area contributed by atoms with Gasteiger partial charge in [-0.15, -0.1) is 0 Å². The first-order chi connectivity index (χ1) is 8.39. The summed E-state index contributed by atoms with van der Waals surface area (Å²) < 4.78 is 15.2. The second kappa shape index (κ2) is 6.33. The fraction of sp³-hybridized carbons (Fsp3) is 0.333. The van der Waals surface area contributed by atoms with Gasteiger partial charge in [0.2, 0.25) is 5.75 Å². The Morgan fingerprint density at radius 3 is 2.72 bits per heavy atom. The highest BCUT2D eigenvalue weighted by atomic mass is 35.7. The van der Waals surface area contributed by atoms with E-state index >= 15 is 0 Å². The van der Waals surface area contributed by atoms with Gasteiger partial charge in [-0.3, -0.25) is 10.1 Å². The van der Waals surface area contributed by atoms with E-state index in [1.807, 2.05) is 0 Å². The van der Waals surface area contributed by atoms with Crippen LogP contribution in [0.4, 0.5) is 5.69 Å². The summed E-state index contributed by atoms with van der Waals surface area (Å²) in [5, 5.41) is 10.8. The topological polar surface area (TPSA) is 70.8 Å². The number of benzene rings is 1. The van der Waals surface area contributed by atoms with Gasteiger partial charge in [0.1, 0.15) is 5.75 Å². The second-order valence-electron chi connectivity index (χ2n) is 3.03. The maximum absolute atomic E-state index is 10.8. The minimum absolute atomic E-state index is 0.0638. The zero-order valence-electron chi connectivity index (χ0n) is 9.66. The van der Waals surface area contributed by atoms with Crippen molar-refractivity contribution in [2.45, 2.75) is 6.92 Å². The molecule has 0 heterocycles. The molecule has 1 rings (SSSR count). The number of nitro groups is 1. The molecule has 1 atom stereocenters. The summed E-state index contributed by atoms with van der Waals surface area (Å²) in [5.41, 5.74) is -0.245. The normalized spacial score (nSPS) is 13.7. The molecule has 0 bridgehead atoms. The Morgan fingerprint density at radius 2 is 2.22 bits per heavy atom. The van der Waals surface area contributed by atoms with Crippen molar-refractivity contribution < 1.29 is 18.7 Å². The van der Waals surface area contributed by atoms with Crippen LogP contribution in [-0.4, -0.2) is 18.6 Å². The van der Waals surface area contributed by atoms with Crippen molar-refractivity contribution in [3.63, 3.8) is 0 Å². The Hall–Kier alpha value is -0.880. The number of hydrogen-bond acceptors (Lipinski definition) is 6. The first kappa shape index (κ1) is 15.2. The average molecular weight is 312 g/mol. The van der Waals surface area contributed by atoms with E-state index in [0.717, 1.165) is 0 Å². The van der Waals surface area contributed by atoms with Crippen molar-refractivity contribution in [1.82, 2.24) is 0 Å². The van der Waals surface area contributed by atoms with Crippen molar-refractivity contribution in [3.8, 4) is 11.5 Å². The first-order valence-electron chi connectivity index (χ1n) is 4.86. The van der Waals surface area contributed by atoms with E-state index in [1.165, 1.54) is 25.3 Å². The Bertz CT molecular complexity index is 498. The molecule has 9 heteroatoms.